The molecule has 2 aromatic rings. The molecule has 0 spiro atoms. The molecule has 0 aliphatic heterocycles. The first-order valence-electron chi connectivity index (χ1n) is 5.56. The second-order valence-electron chi connectivity index (χ2n) is 4.15. The zero-order valence-corrected chi connectivity index (χ0v) is 10.1. The number of hydrogen-bond donors (Lipinski definition) is 0. The Balaban J connectivity index is 2.45. The Morgan fingerprint density at radius 1 is 0.857 bits per heavy atom. The summed E-state index contributed by atoms with van der Waals surface area (Å²) in [6, 6.07) is 3.49. The van der Waals surface area contributed by atoms with E-state index in [1.165, 1.54) is 0 Å². The van der Waals surface area contributed by atoms with Crippen LogP contribution in [0.2, 0.25) is 0 Å². The molecule has 0 saturated heterocycles. The molecule has 0 fully saturated rings. The van der Waals surface area contributed by atoms with Crippen LogP contribution in [0.3, 0.4) is 0 Å². The molecule has 0 saturated carbocycles. The van der Waals surface area contributed by atoms with E-state index >= 15 is 0 Å². The zero-order valence-electron chi connectivity index (χ0n) is 10.1. The monoisotopic (exact) mass is 304 g/mol. The van der Waals surface area contributed by atoms with Gasteiger partial charge in [-0.15, -0.1) is 0 Å². The smallest absolute Gasteiger partial charge is 0.288 e. The van der Waals surface area contributed by atoms with Crippen LogP contribution in [0.4, 0.5) is 26.3 Å². The average molecular weight is 304 g/mol. The standard InChI is InChI=1S/C14H6F6O/c15-8-2-4-11(16)9(6-8)13(21)7-1-3-10(12(17)5-7)14(18,19)20/h1-6H. The van der Waals surface area contributed by atoms with E-state index in [2.05, 4.69) is 0 Å². The average Bonchev–Trinajstić information content (AvgIpc) is 2.39. The van der Waals surface area contributed by atoms with E-state index in [1.54, 1.807) is 0 Å². The number of benzene rings is 2. The molecule has 0 aliphatic rings. The fourth-order valence-corrected chi connectivity index (χ4v) is 1.71. The first kappa shape index (κ1) is 15.1. The second kappa shape index (κ2) is 5.23. The highest BCUT2D eigenvalue weighted by Crippen LogP contribution is 2.32. The molecular weight excluding hydrogens is 298 g/mol. The summed E-state index contributed by atoms with van der Waals surface area (Å²) in [7, 11) is 0. The highest BCUT2D eigenvalue weighted by Gasteiger charge is 2.34. The van der Waals surface area contributed by atoms with Crippen molar-refractivity contribution < 1.29 is 31.1 Å². The van der Waals surface area contributed by atoms with Crippen molar-refractivity contribution in [2.45, 2.75) is 6.18 Å². The molecule has 0 radical (unpaired) electrons. The summed E-state index contributed by atoms with van der Waals surface area (Å²) >= 11 is 0. The van der Waals surface area contributed by atoms with Gasteiger partial charge in [-0.2, -0.15) is 13.2 Å². The van der Waals surface area contributed by atoms with Crippen LogP contribution in [-0.4, -0.2) is 5.78 Å². The summed E-state index contributed by atoms with van der Waals surface area (Å²) in [5.74, 6) is -4.72. The third kappa shape index (κ3) is 3.07. The van der Waals surface area contributed by atoms with E-state index in [0.29, 0.717) is 30.3 Å². The van der Waals surface area contributed by atoms with Crippen molar-refractivity contribution >= 4 is 5.78 Å². The summed E-state index contributed by atoms with van der Waals surface area (Å²) in [6.07, 6.45) is -4.91. The van der Waals surface area contributed by atoms with Gasteiger partial charge in [0, 0.05) is 5.56 Å². The number of alkyl halides is 3. The lowest BCUT2D eigenvalue weighted by Crippen LogP contribution is -2.11. The minimum Gasteiger partial charge on any atom is -0.288 e. The summed E-state index contributed by atoms with van der Waals surface area (Å²) in [6.45, 7) is 0. The molecule has 0 unspecified atom stereocenters. The van der Waals surface area contributed by atoms with Crippen molar-refractivity contribution in [1.29, 1.82) is 0 Å². The van der Waals surface area contributed by atoms with Crippen LogP contribution in [0.25, 0.3) is 0 Å². The molecule has 2 rings (SSSR count). The zero-order chi connectivity index (χ0) is 15.8. The van der Waals surface area contributed by atoms with Gasteiger partial charge < -0.3 is 0 Å². The molecule has 110 valence electrons. The Kier molecular flexibility index (Phi) is 3.76. The largest absolute Gasteiger partial charge is 0.419 e. The third-order valence-electron chi connectivity index (χ3n) is 2.71. The minimum absolute atomic E-state index is 0.343. The highest BCUT2D eigenvalue weighted by molar-refractivity contribution is 6.09. The van der Waals surface area contributed by atoms with Crippen LogP contribution in [0.1, 0.15) is 21.5 Å². The molecule has 0 N–H and O–H groups in total. The van der Waals surface area contributed by atoms with Gasteiger partial charge in [-0.1, -0.05) is 6.07 Å². The molecule has 0 atom stereocenters. The van der Waals surface area contributed by atoms with E-state index in [-0.39, 0.29) is 0 Å². The Bertz CT molecular complexity index is 705. The van der Waals surface area contributed by atoms with Gasteiger partial charge in [0.05, 0.1) is 11.1 Å². The van der Waals surface area contributed by atoms with Gasteiger partial charge in [-0.05, 0) is 30.3 Å². The molecular formula is C14H6F6O. The van der Waals surface area contributed by atoms with E-state index in [4.69, 9.17) is 0 Å². The lowest BCUT2D eigenvalue weighted by Gasteiger charge is -2.09. The summed E-state index contributed by atoms with van der Waals surface area (Å²) in [5, 5.41) is 0. The molecule has 0 aliphatic carbocycles. The maximum atomic E-state index is 13.4. The Hall–Kier alpha value is -2.31. The molecule has 0 amide bonds. The molecule has 0 bridgehead atoms. The molecule has 0 heterocycles. The van der Waals surface area contributed by atoms with Crippen molar-refractivity contribution in [3.8, 4) is 0 Å². The first-order chi connectivity index (χ1) is 9.70. The lowest BCUT2D eigenvalue weighted by molar-refractivity contribution is -0.140. The first-order valence-corrected chi connectivity index (χ1v) is 5.56. The fourth-order valence-electron chi connectivity index (χ4n) is 1.71. The van der Waals surface area contributed by atoms with Crippen molar-refractivity contribution in [2.24, 2.45) is 0 Å². The normalized spacial score (nSPS) is 11.5. The highest BCUT2D eigenvalue weighted by atomic mass is 19.4. The molecule has 2 aromatic carbocycles. The number of ketones is 1. The fraction of sp³-hybridized carbons (Fsp3) is 0.0714. The van der Waals surface area contributed by atoms with E-state index in [9.17, 15) is 31.1 Å². The van der Waals surface area contributed by atoms with Crippen LogP contribution in [0.15, 0.2) is 36.4 Å². The number of halogens is 6. The van der Waals surface area contributed by atoms with Crippen LogP contribution < -0.4 is 0 Å². The number of hydrogen-bond acceptors (Lipinski definition) is 1. The van der Waals surface area contributed by atoms with Crippen molar-refractivity contribution in [3.05, 3.63) is 70.5 Å². The van der Waals surface area contributed by atoms with Crippen molar-refractivity contribution in [1.82, 2.24) is 0 Å². The van der Waals surface area contributed by atoms with E-state index in [1.807, 2.05) is 0 Å². The Labute approximate surface area is 114 Å². The van der Waals surface area contributed by atoms with Crippen LogP contribution >= 0.6 is 0 Å². The van der Waals surface area contributed by atoms with Gasteiger partial charge in [0.15, 0.2) is 5.78 Å². The quantitative estimate of drug-likeness (QED) is 0.595. The molecule has 7 heteroatoms. The maximum absolute atomic E-state index is 13.4. The summed E-state index contributed by atoms with van der Waals surface area (Å²) in [5.41, 5.74) is -2.74. The molecule has 21 heavy (non-hydrogen) atoms. The van der Waals surface area contributed by atoms with Gasteiger partial charge in [0.1, 0.15) is 17.5 Å². The van der Waals surface area contributed by atoms with Crippen LogP contribution in [-0.2, 0) is 6.18 Å². The van der Waals surface area contributed by atoms with E-state index < -0.39 is 46.1 Å². The summed E-state index contributed by atoms with van der Waals surface area (Å²) in [4.78, 5) is 11.9. The minimum atomic E-state index is -4.91. The van der Waals surface area contributed by atoms with Crippen molar-refractivity contribution in [3.63, 3.8) is 0 Å². The van der Waals surface area contributed by atoms with Gasteiger partial charge >= 0.3 is 6.18 Å². The third-order valence-corrected chi connectivity index (χ3v) is 2.71. The van der Waals surface area contributed by atoms with Gasteiger partial charge in [0.2, 0.25) is 0 Å². The SMILES string of the molecule is O=C(c1ccc(C(F)(F)F)c(F)c1)c1cc(F)ccc1F. The van der Waals surface area contributed by atoms with Crippen molar-refractivity contribution in [2.75, 3.05) is 0 Å². The Morgan fingerprint density at radius 2 is 1.52 bits per heavy atom. The van der Waals surface area contributed by atoms with Crippen LogP contribution in [0.5, 0.6) is 0 Å². The predicted molar refractivity (Wildman–Crippen MR) is 61.2 cm³/mol. The van der Waals surface area contributed by atoms with Gasteiger partial charge in [-0.3, -0.25) is 4.79 Å². The van der Waals surface area contributed by atoms with Crippen LogP contribution in [0, 0.1) is 17.5 Å². The second-order valence-corrected chi connectivity index (χ2v) is 4.15. The number of carbonyl (C=O) groups excluding carboxylic acids is 1. The number of carbonyl (C=O) groups is 1. The number of rotatable bonds is 2. The van der Waals surface area contributed by atoms with Gasteiger partial charge in [0.25, 0.3) is 0 Å². The van der Waals surface area contributed by atoms with Gasteiger partial charge in [-0.25, -0.2) is 13.2 Å². The topological polar surface area (TPSA) is 17.1 Å². The Morgan fingerprint density at radius 3 is 2.10 bits per heavy atom. The summed E-state index contributed by atoms with van der Waals surface area (Å²) < 4.78 is 76.9. The molecule has 1 nitrogen and oxygen atoms in total. The lowest BCUT2D eigenvalue weighted by atomic mass is 10.0. The molecule has 0 aromatic heterocycles. The maximum Gasteiger partial charge on any atom is 0.419 e. The predicted octanol–water partition coefficient (Wildman–Crippen LogP) is 4.35. The van der Waals surface area contributed by atoms with E-state index in [0.717, 1.165) is 6.07 Å².